The molecule has 0 aromatic rings. The van der Waals surface area contributed by atoms with Crippen molar-refractivity contribution in [3.63, 3.8) is 0 Å². The van der Waals surface area contributed by atoms with Gasteiger partial charge in [0.2, 0.25) is 0 Å². The fourth-order valence-electron chi connectivity index (χ4n) is 1.10. The normalized spacial score (nSPS) is 16.2. The molecule has 2 N–H and O–H groups in total. The van der Waals surface area contributed by atoms with Crippen LogP contribution in [0, 0.1) is 0 Å². The lowest BCUT2D eigenvalue weighted by Gasteiger charge is -2.15. The molecule has 0 aromatic heterocycles. The van der Waals surface area contributed by atoms with Crippen LogP contribution in [0.3, 0.4) is 0 Å². The van der Waals surface area contributed by atoms with Gasteiger partial charge in [-0.3, -0.25) is 0 Å². The molecule has 1 rings (SSSR count). The molecule has 1 aliphatic heterocycles. The summed E-state index contributed by atoms with van der Waals surface area (Å²) in [5, 5.41) is 8.52. The number of nitrogens with zero attached hydrogens (tertiary/aromatic N) is 2. The zero-order chi connectivity index (χ0) is 19.4. The van der Waals surface area contributed by atoms with Crippen molar-refractivity contribution in [2.24, 2.45) is 0 Å². The highest BCUT2D eigenvalue weighted by Gasteiger charge is 2.55. The minimum atomic E-state index is -6.60. The molecule has 1 aliphatic rings. The first-order chi connectivity index (χ1) is 10.5. The summed E-state index contributed by atoms with van der Waals surface area (Å²) < 4.78 is 108. The maximum atomic E-state index is 11.5. The molecule has 0 atom stereocenters. The lowest BCUT2D eigenvalue weighted by atomic mass is 10.6. The topological polar surface area (TPSA) is 107 Å². The summed E-state index contributed by atoms with van der Waals surface area (Å²) in [7, 11) is -11.2. The predicted octanol–water partition coefficient (Wildman–Crippen LogP) is -0.0700. The Kier molecular flexibility index (Phi) is 7.34. The molecule has 0 aromatic carbocycles. The van der Waals surface area contributed by atoms with E-state index in [1.165, 1.54) is 0 Å². The van der Waals surface area contributed by atoms with Crippen molar-refractivity contribution in [1.82, 2.24) is 13.9 Å². The lowest BCUT2D eigenvalue weighted by molar-refractivity contribution is -0.0476. The van der Waals surface area contributed by atoms with Crippen molar-refractivity contribution in [2.75, 3.05) is 26.9 Å². The van der Waals surface area contributed by atoms with Gasteiger partial charge >= 0.3 is 31.1 Å². The molecule has 8 nitrogen and oxygen atoms in total. The number of halogens is 6. The van der Waals surface area contributed by atoms with Gasteiger partial charge in [-0.25, -0.2) is 16.8 Å². The van der Waals surface area contributed by atoms with Crippen LogP contribution in [0.25, 0.3) is 0 Å². The highest BCUT2D eigenvalue weighted by molar-refractivity contribution is 8.05. The fourth-order valence-corrected chi connectivity index (χ4v) is 3.01. The maximum Gasteiger partial charge on any atom is 0.512 e. The Hall–Kier alpha value is -1.26. The van der Waals surface area contributed by atoms with Crippen LogP contribution >= 0.6 is 0 Å². The number of hydrogen-bond donors (Lipinski definition) is 2. The van der Waals surface area contributed by atoms with E-state index in [2.05, 4.69) is 9.80 Å². The number of nitrogens with one attached hydrogen (secondary N) is 1. The Morgan fingerprint density at radius 3 is 1.67 bits per heavy atom. The van der Waals surface area contributed by atoms with Crippen molar-refractivity contribution >= 4 is 20.0 Å². The molecule has 0 fully saturated rings. The zero-order valence-electron chi connectivity index (χ0n) is 11.8. The molecule has 0 aliphatic carbocycles. The van der Waals surface area contributed by atoms with Gasteiger partial charge in [-0.2, -0.15) is 26.3 Å². The van der Waals surface area contributed by atoms with Gasteiger partial charge in [0.05, 0.1) is 13.3 Å². The molecular weight excluding hydrogens is 396 g/mol. The average Bonchev–Trinajstić information content (AvgIpc) is 2.72. The van der Waals surface area contributed by atoms with E-state index >= 15 is 0 Å². The number of alkyl halides is 6. The highest BCUT2D eigenvalue weighted by atomic mass is 32.3. The van der Waals surface area contributed by atoms with Gasteiger partial charge in [0.25, 0.3) is 0 Å². The maximum absolute atomic E-state index is 11.5. The number of aliphatic hydroxyl groups excluding tert-OH is 1. The molecule has 0 unspecified atom stereocenters. The van der Waals surface area contributed by atoms with E-state index in [1.807, 2.05) is 19.4 Å². The summed E-state index contributed by atoms with van der Waals surface area (Å²) >= 11 is 0. The van der Waals surface area contributed by atoms with Gasteiger partial charge in [-0.05, 0) is 0 Å². The zero-order valence-corrected chi connectivity index (χ0v) is 13.5. The van der Waals surface area contributed by atoms with E-state index in [4.69, 9.17) is 5.11 Å². The van der Waals surface area contributed by atoms with Gasteiger partial charge in [0, 0.05) is 26.0 Å². The van der Waals surface area contributed by atoms with E-state index in [1.54, 1.807) is 0 Å². The molecule has 0 amide bonds. The van der Waals surface area contributed by atoms with Crippen molar-refractivity contribution in [2.45, 2.75) is 11.0 Å². The molecule has 0 saturated carbocycles. The molecule has 0 bridgehead atoms. The minimum Gasteiger partial charge on any atom is -0.395 e. The Morgan fingerprint density at radius 2 is 1.42 bits per heavy atom. The predicted molar refractivity (Wildman–Crippen MR) is 68.6 cm³/mol. The summed E-state index contributed by atoms with van der Waals surface area (Å²) in [6.07, 6.45) is 3.98. The second-order valence-electron chi connectivity index (χ2n) is 4.21. The lowest BCUT2D eigenvalue weighted by Crippen LogP contribution is -2.45. The van der Waals surface area contributed by atoms with Crippen LogP contribution in [-0.2, 0) is 20.0 Å². The van der Waals surface area contributed by atoms with Crippen LogP contribution in [0.5, 0.6) is 0 Å². The Balaban J connectivity index is 0.000000496. The largest absolute Gasteiger partial charge is 0.512 e. The first-order valence-electron chi connectivity index (χ1n) is 5.68. The van der Waals surface area contributed by atoms with Gasteiger partial charge in [-0.1, -0.05) is 4.13 Å². The van der Waals surface area contributed by atoms with Crippen LogP contribution in [0.1, 0.15) is 0 Å². The van der Waals surface area contributed by atoms with Gasteiger partial charge in [0.1, 0.15) is 0 Å². The third kappa shape index (κ3) is 6.70. The quantitative estimate of drug-likeness (QED) is 0.626. The number of hydrogen-bond acceptors (Lipinski definition) is 7. The first-order valence-corrected chi connectivity index (χ1v) is 8.65. The Bertz CT molecular complexity index is 600. The minimum absolute atomic E-state index is 0.234. The Labute approximate surface area is 133 Å². The van der Waals surface area contributed by atoms with Gasteiger partial charge < -0.3 is 14.9 Å². The van der Waals surface area contributed by atoms with E-state index < -0.39 is 35.2 Å². The highest BCUT2D eigenvalue weighted by Crippen LogP contribution is 2.27. The second-order valence-corrected chi connectivity index (χ2v) is 7.82. The molecule has 24 heavy (non-hydrogen) atoms. The number of β-amino-alcohol motifs (C(OH)–C–C–N with tert-alkyl or cyclic N) is 1. The van der Waals surface area contributed by atoms with Crippen LogP contribution in [-0.4, -0.2) is 69.6 Å². The third-order valence-corrected chi connectivity index (χ3v) is 5.13. The van der Waals surface area contributed by atoms with Gasteiger partial charge in [-0.15, -0.1) is 0 Å². The van der Waals surface area contributed by atoms with Crippen molar-refractivity contribution in [3.05, 3.63) is 12.4 Å². The van der Waals surface area contributed by atoms with Gasteiger partial charge in [0.15, 0.2) is 0 Å². The number of rotatable bonds is 4. The standard InChI is InChI=1S/C6H12N2O.C2HF6NO4S2/c1-7-2-3-8(6-7)4-5-9;3-1(4,5)14(10,11)9-15(12,13)2(6,7)8/h2-3,9H,4-6H2,1H3;9H. The van der Waals surface area contributed by atoms with Crippen molar-refractivity contribution in [3.8, 4) is 0 Å². The van der Waals surface area contributed by atoms with E-state index in [0.29, 0.717) is 0 Å². The summed E-state index contributed by atoms with van der Waals surface area (Å²) in [4.78, 5) is 4.12. The molecule has 0 spiro atoms. The average molecular weight is 409 g/mol. The van der Waals surface area contributed by atoms with Crippen LogP contribution in [0.15, 0.2) is 12.4 Å². The summed E-state index contributed by atoms with van der Waals surface area (Å²) in [6, 6.07) is 0. The summed E-state index contributed by atoms with van der Waals surface area (Å²) in [5.41, 5.74) is -12.3. The molecule has 144 valence electrons. The van der Waals surface area contributed by atoms with Crippen LogP contribution in [0.4, 0.5) is 26.3 Å². The molecular formula is C8H13F6N3O5S2. The molecule has 0 radical (unpaired) electrons. The fraction of sp³-hybridized carbons (Fsp3) is 0.750. The molecule has 0 saturated heterocycles. The molecule has 16 heteroatoms. The third-order valence-electron chi connectivity index (χ3n) is 2.15. The summed E-state index contributed by atoms with van der Waals surface area (Å²) in [5.74, 6) is 0. The van der Waals surface area contributed by atoms with Crippen LogP contribution in [0.2, 0.25) is 0 Å². The number of aliphatic hydroxyl groups is 1. The second kappa shape index (κ2) is 7.75. The smallest absolute Gasteiger partial charge is 0.395 e. The van der Waals surface area contributed by atoms with Crippen molar-refractivity contribution < 1.29 is 48.3 Å². The van der Waals surface area contributed by atoms with Crippen LogP contribution < -0.4 is 4.13 Å². The summed E-state index contributed by atoms with van der Waals surface area (Å²) in [6.45, 7) is 1.87. The monoisotopic (exact) mass is 409 g/mol. The Morgan fingerprint density at radius 1 is 1.00 bits per heavy atom. The van der Waals surface area contributed by atoms with Crippen molar-refractivity contribution in [1.29, 1.82) is 0 Å². The SMILES string of the molecule is CN1C=CN(CCO)C1.O=S(=O)(NS(=O)(=O)C(F)(F)F)C(F)(F)F. The molecule has 1 heterocycles. The van der Waals surface area contributed by atoms with E-state index in [9.17, 15) is 43.2 Å². The van der Waals surface area contributed by atoms with E-state index in [-0.39, 0.29) is 6.61 Å². The number of sulfonamides is 2. The first kappa shape index (κ1) is 22.7. The van der Waals surface area contributed by atoms with E-state index in [0.717, 1.165) is 13.2 Å².